The summed E-state index contributed by atoms with van der Waals surface area (Å²) in [6.45, 7) is 2.17. The molecule has 0 heterocycles. The van der Waals surface area contributed by atoms with E-state index in [1.54, 1.807) is 0 Å². The van der Waals surface area contributed by atoms with Crippen LogP contribution in [0.3, 0.4) is 0 Å². The van der Waals surface area contributed by atoms with Crippen molar-refractivity contribution in [3.8, 4) is 11.5 Å². The first-order valence-electron chi connectivity index (χ1n) is 6.36. The fourth-order valence-corrected chi connectivity index (χ4v) is 1.84. The number of hydrogen-bond acceptors (Lipinski definition) is 3. The van der Waals surface area contributed by atoms with Gasteiger partial charge in [0.25, 0.3) is 0 Å². The molecule has 2 aromatic carbocycles. The summed E-state index contributed by atoms with van der Waals surface area (Å²) in [6.07, 6.45) is 3.62. The number of rotatable bonds is 5. The highest BCUT2D eigenvalue weighted by Gasteiger charge is 1.98. The van der Waals surface area contributed by atoms with E-state index >= 15 is 0 Å². The summed E-state index contributed by atoms with van der Waals surface area (Å²) in [6, 6.07) is 15.5. The molecule has 0 radical (unpaired) electrons. The number of ether oxygens (including phenoxy) is 1. The molecule has 0 fully saturated rings. The van der Waals surface area contributed by atoms with E-state index in [1.165, 1.54) is 11.8 Å². The summed E-state index contributed by atoms with van der Waals surface area (Å²) in [5.74, 6) is 1.58. The minimum absolute atomic E-state index is 0.762. The number of benzene rings is 2. The normalized spacial score (nSPS) is 10.8. The molecule has 1 N–H and O–H groups in total. The van der Waals surface area contributed by atoms with Crippen molar-refractivity contribution in [3.63, 3.8) is 0 Å². The highest BCUT2D eigenvalue weighted by Crippen LogP contribution is 2.22. The Morgan fingerprint density at radius 1 is 1.00 bits per heavy atom. The molecular weight excluding hydrogens is 238 g/mol. The summed E-state index contributed by atoms with van der Waals surface area (Å²) in [4.78, 5) is 0. The van der Waals surface area contributed by atoms with Gasteiger partial charge in [-0.2, -0.15) is 0 Å². The van der Waals surface area contributed by atoms with Gasteiger partial charge in [-0.15, -0.1) is 0 Å². The zero-order valence-electron chi connectivity index (χ0n) is 10.9. The molecule has 2 aromatic rings. The van der Waals surface area contributed by atoms with Gasteiger partial charge in [0.1, 0.15) is 11.5 Å². The van der Waals surface area contributed by atoms with Crippen LogP contribution in [0.15, 0.2) is 53.7 Å². The average Bonchev–Trinajstić information content (AvgIpc) is 2.44. The molecule has 0 aromatic heterocycles. The van der Waals surface area contributed by atoms with Crippen molar-refractivity contribution in [3.05, 3.63) is 59.7 Å². The van der Waals surface area contributed by atoms with Gasteiger partial charge in [-0.3, -0.25) is 0 Å². The SMILES string of the molecule is CCCc1ccc(Oc2ccc(/C=N/O)cc2)cc1. The summed E-state index contributed by atoms with van der Waals surface area (Å²) in [5.41, 5.74) is 2.15. The van der Waals surface area contributed by atoms with Gasteiger partial charge < -0.3 is 9.94 Å². The van der Waals surface area contributed by atoms with Gasteiger partial charge in [0.05, 0.1) is 6.21 Å². The van der Waals surface area contributed by atoms with E-state index in [0.717, 1.165) is 29.9 Å². The second-order valence-electron chi connectivity index (χ2n) is 4.31. The van der Waals surface area contributed by atoms with Crippen LogP contribution in [0, 0.1) is 0 Å². The first-order chi connectivity index (χ1) is 9.31. The third kappa shape index (κ3) is 3.85. The second kappa shape index (κ2) is 6.59. The molecule has 3 nitrogen and oxygen atoms in total. The van der Waals surface area contributed by atoms with Gasteiger partial charge in [0, 0.05) is 0 Å². The van der Waals surface area contributed by atoms with E-state index in [2.05, 4.69) is 24.2 Å². The van der Waals surface area contributed by atoms with Crippen molar-refractivity contribution in [2.75, 3.05) is 0 Å². The van der Waals surface area contributed by atoms with E-state index in [0.29, 0.717) is 0 Å². The monoisotopic (exact) mass is 255 g/mol. The van der Waals surface area contributed by atoms with E-state index in [4.69, 9.17) is 9.94 Å². The van der Waals surface area contributed by atoms with Gasteiger partial charge in [0.2, 0.25) is 0 Å². The van der Waals surface area contributed by atoms with Crippen molar-refractivity contribution in [2.45, 2.75) is 19.8 Å². The molecule has 3 heteroatoms. The number of oxime groups is 1. The molecule has 19 heavy (non-hydrogen) atoms. The second-order valence-corrected chi connectivity index (χ2v) is 4.31. The molecule has 0 atom stereocenters. The third-order valence-corrected chi connectivity index (χ3v) is 2.78. The minimum Gasteiger partial charge on any atom is -0.457 e. The number of aryl methyl sites for hydroxylation is 1. The summed E-state index contributed by atoms with van der Waals surface area (Å²) < 4.78 is 5.74. The molecule has 2 rings (SSSR count). The first-order valence-corrected chi connectivity index (χ1v) is 6.36. The van der Waals surface area contributed by atoms with Crippen molar-refractivity contribution >= 4 is 6.21 Å². The predicted octanol–water partition coefficient (Wildman–Crippen LogP) is 4.24. The van der Waals surface area contributed by atoms with Crippen molar-refractivity contribution < 1.29 is 9.94 Å². The fraction of sp³-hybridized carbons (Fsp3) is 0.188. The van der Waals surface area contributed by atoms with E-state index in [-0.39, 0.29) is 0 Å². The Labute approximate surface area is 113 Å². The molecular formula is C16H17NO2. The van der Waals surface area contributed by atoms with Crippen LogP contribution in [0.5, 0.6) is 11.5 Å². The largest absolute Gasteiger partial charge is 0.457 e. The van der Waals surface area contributed by atoms with Crippen LogP contribution in [0.25, 0.3) is 0 Å². The molecule has 0 spiro atoms. The molecule has 0 amide bonds. The maximum absolute atomic E-state index is 8.43. The maximum atomic E-state index is 8.43. The Kier molecular flexibility index (Phi) is 4.56. The molecule has 98 valence electrons. The maximum Gasteiger partial charge on any atom is 0.127 e. The van der Waals surface area contributed by atoms with Crippen molar-refractivity contribution in [1.29, 1.82) is 0 Å². The van der Waals surface area contributed by atoms with E-state index < -0.39 is 0 Å². The summed E-state index contributed by atoms with van der Waals surface area (Å²) >= 11 is 0. The van der Waals surface area contributed by atoms with Crippen LogP contribution in [0.1, 0.15) is 24.5 Å². The third-order valence-electron chi connectivity index (χ3n) is 2.78. The molecule has 0 saturated heterocycles. The standard InChI is InChI=1S/C16H17NO2/c1-2-3-13-4-8-15(9-5-13)19-16-10-6-14(7-11-16)12-17-18/h4-12,18H,2-3H2,1H3/b17-12+. The molecule has 0 bridgehead atoms. The van der Waals surface area contributed by atoms with Gasteiger partial charge in [-0.25, -0.2) is 0 Å². The highest BCUT2D eigenvalue weighted by molar-refractivity contribution is 5.79. The minimum atomic E-state index is 0.762. The Hall–Kier alpha value is -2.29. The Morgan fingerprint density at radius 2 is 1.58 bits per heavy atom. The van der Waals surface area contributed by atoms with Crippen molar-refractivity contribution in [2.24, 2.45) is 5.16 Å². The predicted molar refractivity (Wildman–Crippen MR) is 76.3 cm³/mol. The first kappa shape index (κ1) is 13.1. The quantitative estimate of drug-likeness (QED) is 0.493. The Balaban J connectivity index is 2.03. The Bertz CT molecular complexity index is 530. The van der Waals surface area contributed by atoms with Crippen LogP contribution in [0.2, 0.25) is 0 Å². The molecule has 0 aliphatic carbocycles. The number of hydrogen-bond donors (Lipinski definition) is 1. The number of nitrogens with zero attached hydrogens (tertiary/aromatic N) is 1. The smallest absolute Gasteiger partial charge is 0.127 e. The average molecular weight is 255 g/mol. The lowest BCUT2D eigenvalue weighted by molar-refractivity contribution is 0.322. The summed E-state index contributed by atoms with van der Waals surface area (Å²) in [7, 11) is 0. The molecule has 0 saturated carbocycles. The lowest BCUT2D eigenvalue weighted by Crippen LogP contribution is -1.87. The van der Waals surface area contributed by atoms with E-state index in [1.807, 2.05) is 36.4 Å². The molecule has 0 aliphatic heterocycles. The molecule has 0 aliphatic rings. The lowest BCUT2D eigenvalue weighted by atomic mass is 10.1. The summed E-state index contributed by atoms with van der Waals surface area (Å²) in [5, 5.41) is 11.4. The van der Waals surface area contributed by atoms with Gasteiger partial charge in [-0.05, 0) is 53.9 Å². The van der Waals surface area contributed by atoms with Crippen LogP contribution in [-0.4, -0.2) is 11.4 Å². The highest BCUT2D eigenvalue weighted by atomic mass is 16.5. The van der Waals surface area contributed by atoms with Crippen LogP contribution in [0.4, 0.5) is 0 Å². The van der Waals surface area contributed by atoms with Crippen LogP contribution in [-0.2, 0) is 6.42 Å². The van der Waals surface area contributed by atoms with Crippen LogP contribution < -0.4 is 4.74 Å². The van der Waals surface area contributed by atoms with Gasteiger partial charge in [0.15, 0.2) is 0 Å². The Morgan fingerprint density at radius 3 is 2.11 bits per heavy atom. The van der Waals surface area contributed by atoms with Crippen molar-refractivity contribution in [1.82, 2.24) is 0 Å². The molecule has 0 unspecified atom stereocenters. The van der Waals surface area contributed by atoms with Crippen LogP contribution >= 0.6 is 0 Å². The van der Waals surface area contributed by atoms with Gasteiger partial charge >= 0.3 is 0 Å². The van der Waals surface area contributed by atoms with Gasteiger partial charge in [-0.1, -0.05) is 30.6 Å². The zero-order valence-corrected chi connectivity index (χ0v) is 10.9. The topological polar surface area (TPSA) is 41.8 Å². The van der Waals surface area contributed by atoms with E-state index in [9.17, 15) is 0 Å². The fourth-order valence-electron chi connectivity index (χ4n) is 1.84. The zero-order chi connectivity index (χ0) is 13.5. The lowest BCUT2D eigenvalue weighted by Gasteiger charge is -2.06.